The molecule has 11 nitrogen and oxygen atoms in total. The van der Waals surface area contributed by atoms with E-state index in [9.17, 15) is 19.3 Å². The molecule has 2 N–H and O–H groups in total. The van der Waals surface area contributed by atoms with E-state index in [2.05, 4.69) is 5.18 Å². The van der Waals surface area contributed by atoms with Crippen LogP contribution < -0.4 is 20.1 Å². The summed E-state index contributed by atoms with van der Waals surface area (Å²) in [7, 11) is 1.41. The highest BCUT2D eigenvalue weighted by atomic mass is 16.6. The maximum atomic E-state index is 13.4. The Balaban J connectivity index is 2.07. The van der Waals surface area contributed by atoms with Crippen molar-refractivity contribution >= 4 is 23.6 Å². The van der Waals surface area contributed by atoms with Crippen molar-refractivity contribution in [2.75, 3.05) is 31.7 Å². The molecule has 174 valence electrons. The van der Waals surface area contributed by atoms with Crippen LogP contribution in [0, 0.1) is 4.91 Å². The summed E-state index contributed by atoms with van der Waals surface area (Å²) in [5.41, 5.74) is 5.26. The quantitative estimate of drug-likeness (QED) is 0.677. The third-order valence-electron chi connectivity index (χ3n) is 5.30. The molecule has 3 rings (SSSR count). The van der Waals surface area contributed by atoms with Crippen molar-refractivity contribution in [2.24, 2.45) is 10.9 Å². The van der Waals surface area contributed by atoms with E-state index in [4.69, 9.17) is 19.9 Å². The van der Waals surface area contributed by atoms with E-state index in [-0.39, 0.29) is 48.2 Å². The van der Waals surface area contributed by atoms with Gasteiger partial charge in [0.1, 0.15) is 11.3 Å². The molecule has 11 heteroatoms. The molecule has 2 aliphatic heterocycles. The van der Waals surface area contributed by atoms with E-state index in [1.165, 1.54) is 24.1 Å². The number of nitrogens with zero attached hydrogens (tertiary/aromatic N) is 3. The molecule has 1 aromatic carbocycles. The molecule has 0 spiro atoms. The van der Waals surface area contributed by atoms with Gasteiger partial charge in [-0.1, -0.05) is 0 Å². The minimum absolute atomic E-state index is 0.0416. The lowest BCUT2D eigenvalue weighted by molar-refractivity contribution is -0.118. The van der Waals surface area contributed by atoms with Crippen LogP contribution in [-0.2, 0) is 9.53 Å². The van der Waals surface area contributed by atoms with Gasteiger partial charge in [0.2, 0.25) is 0 Å². The SMILES string of the molecule is COc1cc2c(cc1OCCC(=O)N=O)N(C(=O)OC(C)(C)C)CC1(N)CCCN1C2=O. The summed E-state index contributed by atoms with van der Waals surface area (Å²) in [6.07, 6.45) is 0.379. The summed E-state index contributed by atoms with van der Waals surface area (Å²) >= 11 is 0. The molecule has 1 aromatic rings. The summed E-state index contributed by atoms with van der Waals surface area (Å²) in [5, 5.41) is 2.33. The number of carbonyl (C=O) groups is 3. The van der Waals surface area contributed by atoms with Crippen LogP contribution in [0.15, 0.2) is 17.3 Å². The number of methoxy groups -OCH3 is 1. The summed E-state index contributed by atoms with van der Waals surface area (Å²) in [5.74, 6) is -0.748. The zero-order valence-electron chi connectivity index (χ0n) is 18.7. The first-order chi connectivity index (χ1) is 15.0. The number of anilines is 1. The maximum Gasteiger partial charge on any atom is 0.414 e. The second kappa shape index (κ2) is 8.73. The van der Waals surface area contributed by atoms with Gasteiger partial charge in [-0.3, -0.25) is 14.5 Å². The highest BCUT2D eigenvalue weighted by molar-refractivity contribution is 6.06. The van der Waals surface area contributed by atoms with Crippen LogP contribution in [0.3, 0.4) is 0 Å². The van der Waals surface area contributed by atoms with E-state index in [1.807, 2.05) is 0 Å². The fourth-order valence-corrected chi connectivity index (χ4v) is 3.86. The van der Waals surface area contributed by atoms with E-state index < -0.39 is 23.3 Å². The van der Waals surface area contributed by atoms with Crippen molar-refractivity contribution in [3.63, 3.8) is 0 Å². The van der Waals surface area contributed by atoms with Gasteiger partial charge >= 0.3 is 6.09 Å². The number of nitroso groups, excluding NO2 is 1. The van der Waals surface area contributed by atoms with Gasteiger partial charge < -0.3 is 24.8 Å². The monoisotopic (exact) mass is 448 g/mol. The van der Waals surface area contributed by atoms with Gasteiger partial charge in [0.25, 0.3) is 11.8 Å². The molecule has 3 amide bonds. The van der Waals surface area contributed by atoms with Crippen molar-refractivity contribution < 1.29 is 28.6 Å². The Morgan fingerprint density at radius 1 is 1.25 bits per heavy atom. The summed E-state index contributed by atoms with van der Waals surface area (Å²) in [6.45, 7) is 5.62. The Morgan fingerprint density at radius 3 is 2.59 bits per heavy atom. The number of hydrogen-bond donors (Lipinski definition) is 1. The first kappa shape index (κ1) is 23.5. The number of carbonyl (C=O) groups excluding carboxylic acids is 3. The highest BCUT2D eigenvalue weighted by Gasteiger charge is 2.47. The van der Waals surface area contributed by atoms with E-state index in [1.54, 1.807) is 25.7 Å². The molecule has 1 atom stereocenters. The topological polar surface area (TPSA) is 141 Å². The van der Waals surface area contributed by atoms with Crippen molar-refractivity contribution in [3.05, 3.63) is 22.6 Å². The fourth-order valence-electron chi connectivity index (χ4n) is 3.86. The third-order valence-corrected chi connectivity index (χ3v) is 5.30. The van der Waals surface area contributed by atoms with E-state index in [0.717, 1.165) is 6.42 Å². The second-order valence-electron chi connectivity index (χ2n) is 8.83. The summed E-state index contributed by atoms with van der Waals surface area (Å²) < 4.78 is 16.6. The normalized spacial score (nSPS) is 20.2. The van der Waals surface area contributed by atoms with Crippen LogP contribution in [0.4, 0.5) is 10.5 Å². The van der Waals surface area contributed by atoms with Crippen molar-refractivity contribution in [1.82, 2.24) is 4.90 Å². The van der Waals surface area contributed by atoms with Crippen LogP contribution in [0.1, 0.15) is 50.4 Å². The Kier molecular flexibility index (Phi) is 6.40. The molecule has 0 aliphatic carbocycles. The van der Waals surface area contributed by atoms with Crippen LogP contribution in [0.5, 0.6) is 11.5 Å². The standard InChI is InChI=1S/C21H28N4O7/c1-20(2,3)32-19(28)24-12-21(22)7-5-8-25(21)18(27)13-10-15(30-4)16(11-14(13)24)31-9-6-17(26)23-29/h10-11H,5-9,12,22H2,1-4H3. The summed E-state index contributed by atoms with van der Waals surface area (Å²) in [4.78, 5) is 50.9. The van der Waals surface area contributed by atoms with Gasteiger partial charge in [-0.2, -0.15) is 0 Å². The van der Waals surface area contributed by atoms with Gasteiger partial charge in [-0.15, -0.1) is 4.91 Å². The fraction of sp³-hybridized carbons (Fsp3) is 0.571. The number of ether oxygens (including phenoxy) is 3. The van der Waals surface area contributed by atoms with Crippen LogP contribution in [0.25, 0.3) is 0 Å². The smallest absolute Gasteiger partial charge is 0.414 e. The molecule has 2 heterocycles. The van der Waals surface area contributed by atoms with Crippen molar-refractivity contribution in [1.29, 1.82) is 0 Å². The zero-order valence-corrected chi connectivity index (χ0v) is 18.7. The molecule has 32 heavy (non-hydrogen) atoms. The number of hydrogen-bond acceptors (Lipinski definition) is 8. The van der Waals surface area contributed by atoms with Gasteiger partial charge in [-0.05, 0) is 39.7 Å². The lowest BCUT2D eigenvalue weighted by Crippen LogP contribution is -2.60. The van der Waals surface area contributed by atoms with Crippen molar-refractivity contribution in [3.8, 4) is 11.5 Å². The number of fused-ring (bicyclic) bond motifs is 2. The average molecular weight is 448 g/mol. The molecule has 2 aliphatic rings. The van der Waals surface area contributed by atoms with E-state index >= 15 is 0 Å². The zero-order chi connectivity index (χ0) is 23.7. The average Bonchev–Trinajstić information content (AvgIpc) is 3.07. The molecule has 0 saturated carbocycles. The number of rotatable bonds is 5. The number of benzene rings is 1. The molecule has 1 unspecified atom stereocenters. The molecule has 0 radical (unpaired) electrons. The Bertz CT molecular complexity index is 943. The van der Waals surface area contributed by atoms with Crippen LogP contribution in [0.2, 0.25) is 0 Å². The Hall–Kier alpha value is -3.21. The second-order valence-corrected chi connectivity index (χ2v) is 8.83. The molecule has 1 fully saturated rings. The van der Waals surface area contributed by atoms with Gasteiger partial charge in [0.15, 0.2) is 11.5 Å². The maximum absolute atomic E-state index is 13.4. The first-order valence-corrected chi connectivity index (χ1v) is 10.3. The van der Waals surface area contributed by atoms with Crippen LogP contribution >= 0.6 is 0 Å². The predicted molar refractivity (Wildman–Crippen MR) is 115 cm³/mol. The number of amides is 3. The summed E-state index contributed by atoms with van der Waals surface area (Å²) in [6, 6.07) is 2.97. The number of nitrogens with two attached hydrogens (primary N) is 1. The first-order valence-electron chi connectivity index (χ1n) is 10.3. The highest BCUT2D eigenvalue weighted by Crippen LogP contribution is 2.41. The van der Waals surface area contributed by atoms with E-state index in [0.29, 0.717) is 13.0 Å². The van der Waals surface area contributed by atoms with Gasteiger partial charge in [0.05, 0.1) is 37.9 Å². The molecule has 1 saturated heterocycles. The molecular weight excluding hydrogens is 420 g/mol. The molecular formula is C21H28N4O7. The van der Waals surface area contributed by atoms with Gasteiger partial charge in [0, 0.05) is 17.8 Å². The predicted octanol–water partition coefficient (Wildman–Crippen LogP) is 2.40. The van der Waals surface area contributed by atoms with Crippen LogP contribution in [-0.4, -0.2) is 60.9 Å². The van der Waals surface area contributed by atoms with Crippen molar-refractivity contribution in [2.45, 2.75) is 51.3 Å². The molecule has 0 aromatic heterocycles. The molecule has 0 bridgehead atoms. The van der Waals surface area contributed by atoms with Gasteiger partial charge in [-0.25, -0.2) is 4.79 Å². The third kappa shape index (κ3) is 4.67. The minimum atomic E-state index is -1.04. The minimum Gasteiger partial charge on any atom is -0.493 e. The Labute approximate surface area is 185 Å². The lowest BCUT2D eigenvalue weighted by Gasteiger charge is -2.36. The lowest BCUT2D eigenvalue weighted by atomic mass is 10.1. The Morgan fingerprint density at radius 2 is 1.97 bits per heavy atom. The largest absolute Gasteiger partial charge is 0.493 e.